The third-order valence-electron chi connectivity index (χ3n) is 4.21. The first-order chi connectivity index (χ1) is 11.1. The minimum absolute atomic E-state index is 0.402. The highest BCUT2D eigenvalue weighted by Gasteiger charge is 2.24. The zero-order chi connectivity index (χ0) is 16.4. The van der Waals surface area contributed by atoms with E-state index in [0.29, 0.717) is 5.75 Å². The van der Waals surface area contributed by atoms with Crippen LogP contribution in [-0.4, -0.2) is 31.5 Å². The van der Waals surface area contributed by atoms with Gasteiger partial charge in [0, 0.05) is 24.6 Å². The van der Waals surface area contributed by atoms with Gasteiger partial charge in [-0.15, -0.1) is 0 Å². The van der Waals surface area contributed by atoms with Crippen LogP contribution in [0.15, 0.2) is 49.1 Å². The molecule has 3 nitrogen and oxygen atoms in total. The fourth-order valence-corrected chi connectivity index (χ4v) is 3.04. The topological polar surface area (TPSA) is 29.5 Å². The molecular formula is C20H21NO2. The van der Waals surface area contributed by atoms with Crippen molar-refractivity contribution in [2.45, 2.75) is 12.8 Å². The molecule has 23 heavy (non-hydrogen) atoms. The number of fused-ring (bicyclic) bond motifs is 3. The lowest BCUT2D eigenvalue weighted by Gasteiger charge is -2.16. The molecular weight excluding hydrogens is 286 g/mol. The van der Waals surface area contributed by atoms with E-state index in [1.54, 1.807) is 0 Å². The number of nitrogens with zero attached hydrogens (tertiary/aromatic N) is 1. The van der Waals surface area contributed by atoms with Crippen molar-refractivity contribution in [1.29, 1.82) is 0 Å². The number of hydrogen-bond acceptors (Lipinski definition) is 3. The number of carbonyl (C=O) groups is 1. The summed E-state index contributed by atoms with van der Waals surface area (Å²) in [6, 6.07) is 12.6. The molecule has 3 rings (SSSR count). The van der Waals surface area contributed by atoms with E-state index >= 15 is 0 Å². The quantitative estimate of drug-likeness (QED) is 0.411. The van der Waals surface area contributed by atoms with Gasteiger partial charge in [0.05, 0.1) is 0 Å². The van der Waals surface area contributed by atoms with Crippen LogP contribution in [0, 0.1) is 0 Å². The van der Waals surface area contributed by atoms with Crippen molar-refractivity contribution in [3.63, 3.8) is 0 Å². The number of benzene rings is 2. The molecule has 0 unspecified atom stereocenters. The van der Waals surface area contributed by atoms with Crippen LogP contribution in [0.25, 0.3) is 11.1 Å². The van der Waals surface area contributed by atoms with Crippen molar-refractivity contribution in [1.82, 2.24) is 4.90 Å². The van der Waals surface area contributed by atoms with Crippen molar-refractivity contribution in [2.75, 3.05) is 20.6 Å². The number of ether oxygens (including phenoxy) is 1. The van der Waals surface area contributed by atoms with Gasteiger partial charge in [0.1, 0.15) is 5.75 Å². The van der Waals surface area contributed by atoms with E-state index < -0.39 is 5.97 Å². The second-order valence-electron chi connectivity index (χ2n) is 6.09. The lowest BCUT2D eigenvalue weighted by Crippen LogP contribution is -2.16. The van der Waals surface area contributed by atoms with Gasteiger partial charge in [0.25, 0.3) is 0 Å². The Bertz CT molecular complexity index is 762. The van der Waals surface area contributed by atoms with Gasteiger partial charge >= 0.3 is 5.97 Å². The lowest BCUT2D eigenvalue weighted by molar-refractivity contribution is -0.129. The van der Waals surface area contributed by atoms with Gasteiger partial charge in [0.2, 0.25) is 0 Å². The van der Waals surface area contributed by atoms with E-state index in [2.05, 4.69) is 35.7 Å². The molecule has 0 bridgehead atoms. The van der Waals surface area contributed by atoms with Crippen molar-refractivity contribution < 1.29 is 9.53 Å². The predicted molar refractivity (Wildman–Crippen MR) is 92.8 cm³/mol. The second kappa shape index (κ2) is 6.39. The molecule has 0 atom stereocenters. The molecule has 0 radical (unpaired) electrons. The Balaban J connectivity index is 2.05. The van der Waals surface area contributed by atoms with Gasteiger partial charge in [-0.2, -0.15) is 0 Å². The number of carbonyl (C=O) groups excluding carboxylic acids is 1. The molecule has 0 saturated heterocycles. The van der Waals surface area contributed by atoms with Crippen LogP contribution in [0.3, 0.4) is 0 Å². The van der Waals surface area contributed by atoms with E-state index in [0.717, 1.165) is 30.5 Å². The first-order valence-corrected chi connectivity index (χ1v) is 7.82. The summed E-state index contributed by atoms with van der Waals surface area (Å²) in [4.78, 5) is 13.9. The lowest BCUT2D eigenvalue weighted by atomic mass is 10.00. The number of esters is 1. The van der Waals surface area contributed by atoms with E-state index in [1.165, 1.54) is 22.8 Å². The van der Waals surface area contributed by atoms with Gasteiger partial charge in [-0.05, 0) is 42.8 Å². The maximum Gasteiger partial charge on any atom is 0.335 e. The van der Waals surface area contributed by atoms with Crippen molar-refractivity contribution >= 4 is 5.97 Å². The molecule has 2 aromatic carbocycles. The molecule has 0 amide bonds. The third kappa shape index (κ3) is 3.06. The van der Waals surface area contributed by atoms with Gasteiger partial charge < -0.3 is 9.64 Å². The van der Waals surface area contributed by atoms with Crippen LogP contribution in [0.1, 0.15) is 16.7 Å². The fourth-order valence-electron chi connectivity index (χ4n) is 3.04. The number of rotatable bonds is 5. The van der Waals surface area contributed by atoms with E-state index in [9.17, 15) is 4.79 Å². The van der Waals surface area contributed by atoms with Crippen LogP contribution in [0.4, 0.5) is 0 Å². The Morgan fingerprint density at radius 1 is 1.22 bits per heavy atom. The Labute approximate surface area is 137 Å². The average molecular weight is 307 g/mol. The molecule has 0 heterocycles. The van der Waals surface area contributed by atoms with Crippen LogP contribution in [-0.2, 0) is 17.6 Å². The summed E-state index contributed by atoms with van der Waals surface area (Å²) in [5.74, 6) is 0.311. The third-order valence-corrected chi connectivity index (χ3v) is 4.21. The second-order valence-corrected chi connectivity index (χ2v) is 6.09. The molecule has 1 aliphatic carbocycles. The van der Waals surface area contributed by atoms with E-state index in [1.807, 2.05) is 26.2 Å². The van der Waals surface area contributed by atoms with Gasteiger partial charge in [0.15, 0.2) is 0 Å². The summed E-state index contributed by atoms with van der Waals surface area (Å²) in [6.45, 7) is 4.42. The van der Waals surface area contributed by atoms with Gasteiger partial charge in [-0.25, -0.2) is 4.79 Å². The first kappa shape index (κ1) is 15.5. The molecule has 0 aliphatic heterocycles. The summed E-state index contributed by atoms with van der Waals surface area (Å²) in [5.41, 5.74) is 5.86. The molecule has 118 valence electrons. The van der Waals surface area contributed by atoms with Crippen LogP contribution in [0.5, 0.6) is 5.75 Å². The highest BCUT2D eigenvalue weighted by atomic mass is 16.5. The van der Waals surface area contributed by atoms with Crippen molar-refractivity contribution in [3.05, 3.63) is 65.7 Å². The van der Waals surface area contributed by atoms with E-state index in [4.69, 9.17) is 4.74 Å². The zero-order valence-electron chi connectivity index (χ0n) is 13.6. The van der Waals surface area contributed by atoms with Crippen molar-refractivity contribution in [3.8, 4) is 16.9 Å². The Morgan fingerprint density at radius 3 is 2.74 bits per heavy atom. The minimum atomic E-state index is -0.402. The predicted octanol–water partition coefficient (Wildman–Crippen LogP) is 3.45. The molecule has 0 spiro atoms. The summed E-state index contributed by atoms with van der Waals surface area (Å²) in [7, 11) is 4.08. The summed E-state index contributed by atoms with van der Waals surface area (Å²) in [6.07, 6.45) is 2.87. The molecule has 0 saturated carbocycles. The van der Waals surface area contributed by atoms with Crippen molar-refractivity contribution in [2.24, 2.45) is 0 Å². The van der Waals surface area contributed by atoms with E-state index in [-0.39, 0.29) is 0 Å². The summed E-state index contributed by atoms with van der Waals surface area (Å²) in [5, 5.41) is 0. The largest absolute Gasteiger partial charge is 0.423 e. The molecule has 3 heteroatoms. The Kier molecular flexibility index (Phi) is 4.30. The first-order valence-electron chi connectivity index (χ1n) is 7.82. The smallest absolute Gasteiger partial charge is 0.335 e. The summed E-state index contributed by atoms with van der Waals surface area (Å²) < 4.78 is 5.63. The van der Waals surface area contributed by atoms with Crippen LogP contribution < -0.4 is 4.74 Å². The molecule has 0 N–H and O–H groups in total. The Morgan fingerprint density at radius 2 is 2.00 bits per heavy atom. The normalized spacial score (nSPS) is 12.0. The highest BCUT2D eigenvalue weighted by Crippen LogP contribution is 2.43. The van der Waals surface area contributed by atoms with Crippen LogP contribution >= 0.6 is 0 Å². The SMILES string of the molecule is C=CC(=O)Oc1c(CCN(C)C)ccc2c1Cc1ccccc1-2. The standard InChI is InChI=1S/C20H21NO2/c1-4-19(22)23-20-14(11-12-21(2)3)9-10-17-16-8-6-5-7-15(16)13-18(17)20/h4-10H,1,11-13H2,2-3H3. The maximum absolute atomic E-state index is 11.8. The molecule has 2 aromatic rings. The molecule has 0 fully saturated rings. The maximum atomic E-state index is 11.8. The molecule has 0 aromatic heterocycles. The summed E-state index contributed by atoms with van der Waals surface area (Å²) >= 11 is 0. The minimum Gasteiger partial charge on any atom is -0.423 e. The van der Waals surface area contributed by atoms with Gasteiger partial charge in [-0.3, -0.25) is 0 Å². The Hall–Kier alpha value is -2.39. The van der Waals surface area contributed by atoms with Gasteiger partial charge in [-0.1, -0.05) is 43.0 Å². The number of likely N-dealkylation sites (N-methyl/N-ethyl adjacent to an activating group) is 1. The highest BCUT2D eigenvalue weighted by molar-refractivity contribution is 5.86. The van der Waals surface area contributed by atoms with Crippen LogP contribution in [0.2, 0.25) is 0 Å². The number of hydrogen-bond donors (Lipinski definition) is 0. The fraction of sp³-hybridized carbons (Fsp3) is 0.250. The zero-order valence-corrected chi connectivity index (χ0v) is 13.6. The monoisotopic (exact) mass is 307 g/mol. The molecule has 1 aliphatic rings. The average Bonchev–Trinajstić information content (AvgIpc) is 2.92.